The van der Waals surface area contributed by atoms with Crippen LogP contribution in [0.5, 0.6) is 0 Å². The molecular weight excluding hydrogens is 246 g/mol. The van der Waals surface area contributed by atoms with Crippen molar-refractivity contribution in [3.05, 3.63) is 0 Å². The van der Waals surface area contributed by atoms with E-state index in [1.807, 2.05) is 18.0 Å². The maximum Gasteiger partial charge on any atom is 0.175 e. The molecule has 3 nitrogen and oxygen atoms in total. The first-order chi connectivity index (χ1) is 7.33. The molecule has 0 aromatic carbocycles. The fourth-order valence-corrected chi connectivity index (χ4v) is 4.92. The molecule has 2 rings (SSSR count). The Balaban J connectivity index is 1.95. The summed E-state index contributed by atoms with van der Waals surface area (Å²) in [4.78, 5) is 0. The first-order valence-electron chi connectivity index (χ1n) is 5.07. The molecule has 0 spiro atoms. The second-order valence-electron chi connectivity index (χ2n) is 3.62. The molecule has 1 fully saturated rings. The number of hydrogen-bond acceptors (Lipinski definition) is 6. The molecule has 0 aliphatic heterocycles. The van der Waals surface area contributed by atoms with Gasteiger partial charge in [-0.25, -0.2) is 0 Å². The van der Waals surface area contributed by atoms with E-state index in [9.17, 15) is 0 Å². The van der Waals surface area contributed by atoms with Gasteiger partial charge in [0.25, 0.3) is 0 Å². The predicted octanol–water partition coefficient (Wildman–Crippen LogP) is 2.48. The minimum absolute atomic E-state index is 0.664. The van der Waals surface area contributed by atoms with E-state index < -0.39 is 0 Å². The van der Waals surface area contributed by atoms with Crippen LogP contribution in [0.3, 0.4) is 0 Å². The van der Waals surface area contributed by atoms with E-state index in [0.717, 1.165) is 15.2 Å². The number of thioether (sulfide) groups is 2. The van der Waals surface area contributed by atoms with Crippen LogP contribution >= 0.6 is 34.9 Å². The van der Waals surface area contributed by atoms with Crippen LogP contribution in [-0.2, 0) is 0 Å². The molecule has 0 amide bonds. The van der Waals surface area contributed by atoms with E-state index in [-0.39, 0.29) is 0 Å². The van der Waals surface area contributed by atoms with Crippen molar-refractivity contribution in [2.24, 2.45) is 11.7 Å². The van der Waals surface area contributed by atoms with Crippen molar-refractivity contribution in [2.45, 2.75) is 33.2 Å². The minimum Gasteiger partial charge on any atom is -0.330 e. The second-order valence-corrected chi connectivity index (χ2v) is 7.14. The van der Waals surface area contributed by atoms with Gasteiger partial charge in [0, 0.05) is 5.25 Å². The smallest absolute Gasteiger partial charge is 0.175 e. The topological polar surface area (TPSA) is 51.8 Å². The molecule has 84 valence electrons. The van der Waals surface area contributed by atoms with Crippen molar-refractivity contribution < 1.29 is 0 Å². The largest absolute Gasteiger partial charge is 0.330 e. The van der Waals surface area contributed by atoms with Crippen molar-refractivity contribution >= 4 is 34.9 Å². The van der Waals surface area contributed by atoms with Gasteiger partial charge in [-0.05, 0) is 31.6 Å². The summed E-state index contributed by atoms with van der Waals surface area (Å²) in [6.07, 6.45) is 5.91. The normalized spacial score (nSPS) is 26.0. The van der Waals surface area contributed by atoms with Crippen LogP contribution in [-0.4, -0.2) is 28.2 Å². The standard InChI is InChI=1S/C9H15N3S3/c1-13-8-11-12-9(15-8)14-7-4-2-3-6(7)5-10/h6-7H,2-5,10H2,1H3. The highest BCUT2D eigenvalue weighted by atomic mass is 32.2. The molecule has 0 bridgehead atoms. The van der Waals surface area contributed by atoms with E-state index in [2.05, 4.69) is 10.2 Å². The lowest BCUT2D eigenvalue weighted by molar-refractivity contribution is 0.573. The van der Waals surface area contributed by atoms with Crippen LogP contribution < -0.4 is 5.73 Å². The Labute approximate surface area is 103 Å². The number of nitrogens with two attached hydrogens (primary N) is 1. The van der Waals surface area contributed by atoms with Gasteiger partial charge in [-0.3, -0.25) is 0 Å². The molecule has 1 aliphatic carbocycles. The van der Waals surface area contributed by atoms with Crippen molar-refractivity contribution in [3.8, 4) is 0 Å². The molecule has 2 unspecified atom stereocenters. The summed E-state index contributed by atoms with van der Waals surface area (Å²) < 4.78 is 2.16. The zero-order chi connectivity index (χ0) is 10.7. The first kappa shape index (κ1) is 11.7. The molecule has 1 saturated carbocycles. The van der Waals surface area contributed by atoms with Crippen LogP contribution in [0.4, 0.5) is 0 Å². The molecule has 1 aromatic heterocycles. The number of rotatable bonds is 4. The van der Waals surface area contributed by atoms with Gasteiger partial charge in [0.2, 0.25) is 0 Å². The maximum atomic E-state index is 5.76. The SMILES string of the molecule is CSc1nnc(SC2CCCC2CN)s1. The zero-order valence-electron chi connectivity index (χ0n) is 8.68. The van der Waals surface area contributed by atoms with E-state index in [1.165, 1.54) is 19.3 Å². The van der Waals surface area contributed by atoms with Crippen molar-refractivity contribution in [2.75, 3.05) is 12.8 Å². The van der Waals surface area contributed by atoms with Gasteiger partial charge in [-0.15, -0.1) is 10.2 Å². The van der Waals surface area contributed by atoms with E-state index in [1.54, 1.807) is 23.1 Å². The van der Waals surface area contributed by atoms with Crippen LogP contribution in [0, 0.1) is 5.92 Å². The van der Waals surface area contributed by atoms with Gasteiger partial charge in [-0.1, -0.05) is 41.3 Å². The molecule has 1 aliphatic rings. The lowest BCUT2D eigenvalue weighted by Crippen LogP contribution is -2.20. The third kappa shape index (κ3) is 2.87. The average Bonchev–Trinajstić information content (AvgIpc) is 2.87. The number of aromatic nitrogens is 2. The molecule has 15 heavy (non-hydrogen) atoms. The molecule has 0 saturated heterocycles. The Morgan fingerprint density at radius 3 is 2.87 bits per heavy atom. The van der Waals surface area contributed by atoms with E-state index in [4.69, 9.17) is 5.73 Å². The summed E-state index contributed by atoms with van der Waals surface area (Å²) in [5.74, 6) is 0.677. The van der Waals surface area contributed by atoms with Gasteiger partial charge in [0.1, 0.15) is 0 Å². The fourth-order valence-electron chi connectivity index (χ4n) is 1.88. The van der Waals surface area contributed by atoms with Gasteiger partial charge in [0.15, 0.2) is 8.68 Å². The zero-order valence-corrected chi connectivity index (χ0v) is 11.1. The monoisotopic (exact) mass is 261 g/mol. The number of nitrogens with zero attached hydrogens (tertiary/aromatic N) is 2. The van der Waals surface area contributed by atoms with Crippen LogP contribution in [0.1, 0.15) is 19.3 Å². The van der Waals surface area contributed by atoms with Crippen LogP contribution in [0.25, 0.3) is 0 Å². The van der Waals surface area contributed by atoms with Crippen LogP contribution in [0.2, 0.25) is 0 Å². The minimum atomic E-state index is 0.664. The molecular formula is C9H15N3S3. The Morgan fingerprint density at radius 2 is 2.20 bits per heavy atom. The Bertz CT molecular complexity index is 315. The molecule has 1 heterocycles. The number of hydrogen-bond donors (Lipinski definition) is 1. The lowest BCUT2D eigenvalue weighted by Gasteiger charge is -2.14. The summed E-state index contributed by atoms with van der Waals surface area (Å²) in [6.45, 7) is 0.811. The molecule has 0 radical (unpaired) electrons. The van der Waals surface area contributed by atoms with Gasteiger partial charge in [0.05, 0.1) is 0 Å². The third-order valence-electron chi connectivity index (χ3n) is 2.71. The Hall–Kier alpha value is 0.220. The maximum absolute atomic E-state index is 5.76. The summed E-state index contributed by atoms with van der Waals surface area (Å²) in [7, 11) is 0. The third-order valence-corrected chi connectivity index (χ3v) is 6.15. The Kier molecular flexibility index (Phi) is 4.30. The molecule has 6 heteroatoms. The average molecular weight is 261 g/mol. The van der Waals surface area contributed by atoms with Crippen molar-refractivity contribution in [1.82, 2.24) is 10.2 Å². The summed E-state index contributed by atoms with van der Waals surface area (Å²) in [5.41, 5.74) is 5.76. The summed E-state index contributed by atoms with van der Waals surface area (Å²) >= 11 is 5.23. The summed E-state index contributed by atoms with van der Waals surface area (Å²) in [6, 6.07) is 0. The van der Waals surface area contributed by atoms with Gasteiger partial charge >= 0.3 is 0 Å². The van der Waals surface area contributed by atoms with Crippen LogP contribution in [0.15, 0.2) is 8.68 Å². The van der Waals surface area contributed by atoms with Crippen molar-refractivity contribution in [3.63, 3.8) is 0 Å². The lowest BCUT2D eigenvalue weighted by atomic mass is 10.1. The van der Waals surface area contributed by atoms with Gasteiger partial charge in [-0.2, -0.15) is 0 Å². The highest BCUT2D eigenvalue weighted by Crippen LogP contribution is 2.40. The van der Waals surface area contributed by atoms with E-state index >= 15 is 0 Å². The fraction of sp³-hybridized carbons (Fsp3) is 0.778. The highest BCUT2D eigenvalue weighted by molar-refractivity contribution is 8.03. The second kappa shape index (κ2) is 5.52. The molecule has 2 atom stereocenters. The van der Waals surface area contributed by atoms with Gasteiger partial charge < -0.3 is 5.73 Å². The Morgan fingerprint density at radius 1 is 1.40 bits per heavy atom. The molecule has 1 aromatic rings. The first-order valence-corrected chi connectivity index (χ1v) is 7.99. The molecule has 2 N–H and O–H groups in total. The highest BCUT2D eigenvalue weighted by Gasteiger charge is 2.27. The van der Waals surface area contributed by atoms with E-state index in [0.29, 0.717) is 11.2 Å². The quantitative estimate of drug-likeness (QED) is 0.844. The van der Waals surface area contributed by atoms with Crippen molar-refractivity contribution in [1.29, 1.82) is 0 Å². The predicted molar refractivity (Wildman–Crippen MR) is 67.7 cm³/mol. The summed E-state index contributed by atoms with van der Waals surface area (Å²) in [5, 5.41) is 8.96.